The van der Waals surface area contributed by atoms with Gasteiger partial charge < -0.3 is 5.32 Å². The molecule has 0 spiro atoms. The van der Waals surface area contributed by atoms with Gasteiger partial charge in [-0.2, -0.15) is 5.10 Å². The lowest BCUT2D eigenvalue weighted by Gasteiger charge is -2.07. The Morgan fingerprint density at radius 2 is 1.81 bits per heavy atom. The summed E-state index contributed by atoms with van der Waals surface area (Å²) in [7, 11) is 0. The highest BCUT2D eigenvalue weighted by atomic mass is 32.1. The number of hydrogen-bond acceptors (Lipinski definition) is 5. The molecule has 9 heteroatoms. The summed E-state index contributed by atoms with van der Waals surface area (Å²) in [5, 5.41) is 9.18. The number of carbonyl (C=O) groups is 3. The Bertz CT molecular complexity index is 964. The fourth-order valence-corrected chi connectivity index (χ4v) is 3.02. The number of hydrogen-bond donors (Lipinski definition) is 4. The number of aromatic amines is 1. The van der Waals surface area contributed by atoms with E-state index in [1.54, 1.807) is 12.1 Å². The number of hydrazine groups is 1. The third-order valence-corrected chi connectivity index (χ3v) is 4.58. The number of nitrogens with one attached hydrogen (secondary N) is 4. The van der Waals surface area contributed by atoms with E-state index < -0.39 is 11.8 Å². The molecule has 2 aromatic heterocycles. The third kappa shape index (κ3) is 4.79. The van der Waals surface area contributed by atoms with Crippen LogP contribution in [0.3, 0.4) is 0 Å². The smallest absolute Gasteiger partial charge is 0.287 e. The van der Waals surface area contributed by atoms with Gasteiger partial charge in [0.1, 0.15) is 5.69 Å². The number of carbonyl (C=O) groups excluding carboxylic acids is 3. The predicted molar refractivity (Wildman–Crippen MR) is 101 cm³/mol. The minimum atomic E-state index is -0.548. The van der Waals surface area contributed by atoms with Gasteiger partial charge in [-0.1, -0.05) is 30.3 Å². The molecular formula is C18H17N5O3S. The topological polar surface area (TPSA) is 116 Å². The average Bonchev–Trinajstić information content (AvgIpc) is 3.34. The van der Waals surface area contributed by atoms with Gasteiger partial charge in [-0.15, -0.1) is 11.3 Å². The first-order chi connectivity index (χ1) is 13.0. The van der Waals surface area contributed by atoms with Gasteiger partial charge in [-0.05, 0) is 25.1 Å². The van der Waals surface area contributed by atoms with Crippen molar-refractivity contribution in [3.05, 3.63) is 64.0 Å². The number of aryl methyl sites for hydroxylation is 1. The van der Waals surface area contributed by atoms with Gasteiger partial charge in [0.15, 0.2) is 0 Å². The molecule has 0 saturated carbocycles. The molecule has 27 heavy (non-hydrogen) atoms. The van der Waals surface area contributed by atoms with Crippen molar-refractivity contribution in [1.82, 2.24) is 26.4 Å². The number of thiophene rings is 1. The van der Waals surface area contributed by atoms with Gasteiger partial charge in [0.25, 0.3) is 17.7 Å². The zero-order valence-corrected chi connectivity index (χ0v) is 15.2. The molecule has 3 amide bonds. The van der Waals surface area contributed by atoms with Gasteiger partial charge in [-0.25, -0.2) is 0 Å². The molecule has 0 fully saturated rings. The molecule has 0 unspecified atom stereocenters. The second-order valence-corrected chi connectivity index (χ2v) is 6.92. The number of H-pyrrole nitrogens is 1. The highest BCUT2D eigenvalue weighted by Crippen LogP contribution is 2.16. The Morgan fingerprint density at radius 1 is 1.04 bits per heavy atom. The van der Waals surface area contributed by atoms with E-state index in [1.165, 1.54) is 11.3 Å². The maximum absolute atomic E-state index is 12.1. The fourth-order valence-electron chi connectivity index (χ4n) is 2.24. The number of rotatable bonds is 5. The van der Waals surface area contributed by atoms with Crippen LogP contribution in [-0.4, -0.2) is 34.5 Å². The number of benzene rings is 1. The van der Waals surface area contributed by atoms with Crippen LogP contribution in [-0.2, 0) is 4.79 Å². The summed E-state index contributed by atoms with van der Waals surface area (Å²) in [5.41, 5.74) is 6.20. The predicted octanol–water partition coefficient (Wildman–Crippen LogP) is 1.64. The lowest BCUT2D eigenvalue weighted by molar-refractivity contribution is -0.120. The minimum absolute atomic E-state index is 0.201. The number of aromatic nitrogens is 2. The lowest BCUT2D eigenvalue weighted by atomic mass is 10.1. The van der Waals surface area contributed by atoms with Crippen molar-refractivity contribution in [1.29, 1.82) is 0 Å². The summed E-state index contributed by atoms with van der Waals surface area (Å²) in [5.74, 6) is -1.43. The molecule has 1 aromatic carbocycles. The van der Waals surface area contributed by atoms with Gasteiger partial charge in [0.2, 0.25) is 0 Å². The molecule has 0 aliphatic rings. The molecule has 2 heterocycles. The van der Waals surface area contributed by atoms with Crippen molar-refractivity contribution < 1.29 is 14.4 Å². The van der Waals surface area contributed by atoms with Crippen LogP contribution in [0.15, 0.2) is 48.5 Å². The second-order valence-electron chi connectivity index (χ2n) is 5.63. The summed E-state index contributed by atoms with van der Waals surface area (Å²) in [4.78, 5) is 37.3. The van der Waals surface area contributed by atoms with E-state index in [0.29, 0.717) is 10.6 Å². The van der Waals surface area contributed by atoms with E-state index in [4.69, 9.17) is 0 Å². The average molecular weight is 383 g/mol. The van der Waals surface area contributed by atoms with Crippen molar-refractivity contribution in [3.63, 3.8) is 0 Å². The van der Waals surface area contributed by atoms with Gasteiger partial charge >= 0.3 is 0 Å². The summed E-state index contributed by atoms with van der Waals surface area (Å²) in [6.45, 7) is 1.64. The number of nitrogens with zero attached hydrogens (tertiary/aromatic N) is 1. The highest BCUT2D eigenvalue weighted by molar-refractivity contribution is 7.13. The first-order valence-electron chi connectivity index (χ1n) is 8.07. The normalized spacial score (nSPS) is 10.3. The third-order valence-electron chi connectivity index (χ3n) is 3.58. The summed E-state index contributed by atoms with van der Waals surface area (Å²) in [6.07, 6.45) is 0. The van der Waals surface area contributed by atoms with Crippen molar-refractivity contribution in [2.24, 2.45) is 0 Å². The molecule has 8 nitrogen and oxygen atoms in total. The standard InChI is InChI=1S/C18H17N5O3S/c1-11-7-8-15(27-11)18(26)19-10-16(24)22-23-17(25)14-9-13(20-21-14)12-5-3-2-4-6-12/h2-9H,10H2,1H3,(H,19,26)(H,20,21)(H,22,24)(H,23,25). The van der Waals surface area contributed by atoms with Crippen LogP contribution in [0.1, 0.15) is 25.0 Å². The van der Waals surface area contributed by atoms with Crippen LogP contribution in [0.4, 0.5) is 0 Å². The van der Waals surface area contributed by atoms with Crippen LogP contribution in [0, 0.1) is 6.92 Å². The molecule has 4 N–H and O–H groups in total. The molecule has 0 saturated heterocycles. The van der Waals surface area contributed by atoms with Gasteiger partial charge in [-0.3, -0.25) is 30.3 Å². The monoisotopic (exact) mass is 383 g/mol. The SMILES string of the molecule is Cc1ccc(C(=O)NCC(=O)NNC(=O)c2cc(-c3ccccc3)n[nH]2)s1. The van der Waals surface area contributed by atoms with E-state index in [2.05, 4.69) is 26.4 Å². The molecule has 0 aliphatic carbocycles. The zero-order valence-electron chi connectivity index (χ0n) is 14.4. The summed E-state index contributed by atoms with van der Waals surface area (Å²) < 4.78 is 0. The van der Waals surface area contributed by atoms with Crippen molar-refractivity contribution >= 4 is 29.1 Å². The molecule has 0 atom stereocenters. The Kier molecular flexibility index (Phi) is 5.62. The lowest BCUT2D eigenvalue weighted by Crippen LogP contribution is -2.46. The Hall–Kier alpha value is -3.46. The van der Waals surface area contributed by atoms with E-state index in [9.17, 15) is 14.4 Å². The second kappa shape index (κ2) is 8.28. The van der Waals surface area contributed by atoms with Crippen LogP contribution in [0.5, 0.6) is 0 Å². The van der Waals surface area contributed by atoms with E-state index in [1.807, 2.05) is 43.3 Å². The molecule has 0 bridgehead atoms. The zero-order chi connectivity index (χ0) is 19.2. The van der Waals surface area contributed by atoms with E-state index in [0.717, 1.165) is 10.4 Å². The Morgan fingerprint density at radius 3 is 2.52 bits per heavy atom. The van der Waals surface area contributed by atoms with Crippen LogP contribution >= 0.6 is 11.3 Å². The number of amides is 3. The van der Waals surface area contributed by atoms with E-state index >= 15 is 0 Å². The molecule has 0 radical (unpaired) electrons. The molecule has 3 aromatic rings. The Balaban J connectivity index is 1.47. The maximum Gasteiger partial charge on any atom is 0.287 e. The highest BCUT2D eigenvalue weighted by Gasteiger charge is 2.13. The van der Waals surface area contributed by atoms with Crippen molar-refractivity contribution in [2.75, 3.05) is 6.54 Å². The Labute approximate surface area is 159 Å². The fraction of sp³-hybridized carbons (Fsp3) is 0.111. The van der Waals surface area contributed by atoms with Crippen LogP contribution in [0.25, 0.3) is 11.3 Å². The van der Waals surface area contributed by atoms with Crippen LogP contribution in [0.2, 0.25) is 0 Å². The largest absolute Gasteiger partial charge is 0.342 e. The van der Waals surface area contributed by atoms with Gasteiger partial charge in [0.05, 0.1) is 17.1 Å². The quantitative estimate of drug-likeness (QED) is 0.501. The maximum atomic E-state index is 12.1. The van der Waals surface area contributed by atoms with Crippen LogP contribution < -0.4 is 16.2 Å². The summed E-state index contributed by atoms with van der Waals surface area (Å²) in [6, 6.07) is 14.5. The minimum Gasteiger partial charge on any atom is -0.342 e. The molecular weight excluding hydrogens is 366 g/mol. The molecule has 0 aliphatic heterocycles. The summed E-state index contributed by atoms with van der Waals surface area (Å²) >= 11 is 1.34. The molecule has 3 rings (SSSR count). The van der Waals surface area contributed by atoms with E-state index in [-0.39, 0.29) is 18.1 Å². The molecule has 138 valence electrons. The first-order valence-corrected chi connectivity index (χ1v) is 8.89. The van der Waals surface area contributed by atoms with Crippen molar-refractivity contribution in [3.8, 4) is 11.3 Å². The van der Waals surface area contributed by atoms with Crippen molar-refractivity contribution in [2.45, 2.75) is 6.92 Å². The van der Waals surface area contributed by atoms with Gasteiger partial charge in [0, 0.05) is 10.4 Å². The first kappa shape index (κ1) is 18.3.